The molecular formula is C16H13F6NO. The van der Waals surface area contributed by atoms with Crippen LogP contribution >= 0.6 is 0 Å². The normalized spacial score (nSPS) is 12.2. The van der Waals surface area contributed by atoms with Crippen LogP contribution in [0.5, 0.6) is 5.75 Å². The summed E-state index contributed by atoms with van der Waals surface area (Å²) in [6.07, 6.45) is -9.47. The Kier molecular flexibility index (Phi) is 4.68. The molecule has 0 saturated heterocycles. The number of ether oxygens (including phenoxy) is 1. The van der Waals surface area contributed by atoms with Crippen molar-refractivity contribution in [1.29, 1.82) is 0 Å². The molecule has 2 rings (SSSR count). The van der Waals surface area contributed by atoms with E-state index in [1.54, 1.807) is 0 Å². The topological polar surface area (TPSA) is 12.5 Å². The van der Waals surface area contributed by atoms with Gasteiger partial charge in [-0.2, -0.15) is 13.2 Å². The Morgan fingerprint density at radius 3 is 2.04 bits per heavy atom. The van der Waals surface area contributed by atoms with Crippen LogP contribution in [0.1, 0.15) is 5.56 Å². The van der Waals surface area contributed by atoms with Crippen molar-refractivity contribution in [3.63, 3.8) is 0 Å². The van der Waals surface area contributed by atoms with Gasteiger partial charge >= 0.3 is 12.5 Å². The lowest BCUT2D eigenvalue weighted by Crippen LogP contribution is -2.18. The van der Waals surface area contributed by atoms with E-state index in [0.717, 1.165) is 18.2 Å². The Bertz CT molecular complexity index is 721. The summed E-state index contributed by atoms with van der Waals surface area (Å²) in [5.74, 6) is -0.498. The molecule has 0 amide bonds. The summed E-state index contributed by atoms with van der Waals surface area (Å²) in [4.78, 5) is 1.27. The molecule has 0 aromatic heterocycles. The third-order valence-electron chi connectivity index (χ3n) is 3.17. The number of alkyl halides is 6. The second-order valence-electron chi connectivity index (χ2n) is 5.17. The highest BCUT2D eigenvalue weighted by atomic mass is 19.4. The van der Waals surface area contributed by atoms with Gasteiger partial charge in [0.05, 0.1) is 11.3 Å². The van der Waals surface area contributed by atoms with E-state index in [0.29, 0.717) is 0 Å². The van der Waals surface area contributed by atoms with Crippen LogP contribution in [0, 0.1) is 0 Å². The molecule has 130 valence electrons. The number of nitrogens with zero attached hydrogens (tertiary/aromatic N) is 1. The lowest BCUT2D eigenvalue weighted by atomic mass is 9.99. The van der Waals surface area contributed by atoms with Crippen LogP contribution in [0.25, 0.3) is 11.1 Å². The Hall–Kier alpha value is -2.38. The lowest BCUT2D eigenvalue weighted by molar-refractivity contribution is -0.274. The molecule has 8 heteroatoms. The van der Waals surface area contributed by atoms with E-state index in [-0.39, 0.29) is 16.8 Å². The molecule has 2 nitrogen and oxygen atoms in total. The Labute approximate surface area is 134 Å². The van der Waals surface area contributed by atoms with Crippen molar-refractivity contribution in [3.05, 3.63) is 48.0 Å². The van der Waals surface area contributed by atoms with Crippen LogP contribution < -0.4 is 9.64 Å². The largest absolute Gasteiger partial charge is 0.573 e. The smallest absolute Gasteiger partial charge is 0.406 e. The molecule has 0 radical (unpaired) electrons. The van der Waals surface area contributed by atoms with E-state index in [1.807, 2.05) is 0 Å². The van der Waals surface area contributed by atoms with Gasteiger partial charge in [-0.3, -0.25) is 0 Å². The van der Waals surface area contributed by atoms with Crippen molar-refractivity contribution in [1.82, 2.24) is 0 Å². The molecule has 2 aromatic carbocycles. The molecule has 24 heavy (non-hydrogen) atoms. The number of para-hydroxylation sites is 1. The molecule has 0 N–H and O–H groups in total. The van der Waals surface area contributed by atoms with Crippen LogP contribution in [-0.2, 0) is 6.18 Å². The molecule has 0 heterocycles. The number of halogens is 6. The molecule has 0 bridgehead atoms. The molecular weight excluding hydrogens is 336 g/mol. The zero-order valence-corrected chi connectivity index (χ0v) is 12.7. The first-order chi connectivity index (χ1) is 11.0. The van der Waals surface area contributed by atoms with Crippen LogP contribution in [-0.4, -0.2) is 20.5 Å². The molecule has 0 aliphatic carbocycles. The first kappa shape index (κ1) is 18.0. The highest BCUT2D eigenvalue weighted by Gasteiger charge is 2.35. The molecule has 2 aromatic rings. The SMILES string of the molecule is CN(C)c1c(-c2cccc(OC(F)(F)F)c2)cccc1C(F)(F)F. The first-order valence-electron chi connectivity index (χ1n) is 6.73. The van der Waals surface area contributed by atoms with E-state index < -0.39 is 23.9 Å². The van der Waals surface area contributed by atoms with Gasteiger partial charge < -0.3 is 9.64 Å². The lowest BCUT2D eigenvalue weighted by Gasteiger charge is -2.23. The fourth-order valence-electron chi connectivity index (χ4n) is 2.35. The summed E-state index contributed by atoms with van der Waals surface area (Å²) in [6, 6.07) is 8.40. The zero-order chi connectivity index (χ0) is 18.1. The molecule has 0 fully saturated rings. The first-order valence-corrected chi connectivity index (χ1v) is 6.73. The predicted octanol–water partition coefficient (Wildman–Crippen LogP) is 5.34. The Morgan fingerprint density at radius 1 is 0.875 bits per heavy atom. The van der Waals surface area contributed by atoms with Gasteiger partial charge in [-0.1, -0.05) is 24.3 Å². The van der Waals surface area contributed by atoms with Gasteiger partial charge in [-0.25, -0.2) is 0 Å². The molecule has 0 aliphatic rings. The zero-order valence-electron chi connectivity index (χ0n) is 12.7. The van der Waals surface area contributed by atoms with Crippen LogP contribution in [0.2, 0.25) is 0 Å². The van der Waals surface area contributed by atoms with Gasteiger partial charge in [0.1, 0.15) is 5.75 Å². The predicted molar refractivity (Wildman–Crippen MR) is 77.9 cm³/mol. The van der Waals surface area contributed by atoms with E-state index in [9.17, 15) is 26.3 Å². The summed E-state index contributed by atoms with van der Waals surface area (Å²) in [5, 5.41) is 0. The number of benzene rings is 2. The fraction of sp³-hybridized carbons (Fsp3) is 0.250. The molecule has 0 saturated carbocycles. The number of hydrogen-bond acceptors (Lipinski definition) is 2. The third-order valence-corrected chi connectivity index (χ3v) is 3.17. The average Bonchev–Trinajstić information content (AvgIpc) is 2.44. The summed E-state index contributed by atoms with van der Waals surface area (Å²) >= 11 is 0. The highest BCUT2D eigenvalue weighted by molar-refractivity contribution is 5.81. The quantitative estimate of drug-likeness (QED) is 0.694. The van der Waals surface area contributed by atoms with Gasteiger partial charge in [0, 0.05) is 19.7 Å². The van der Waals surface area contributed by atoms with Crippen molar-refractivity contribution >= 4 is 5.69 Å². The fourth-order valence-corrected chi connectivity index (χ4v) is 2.35. The maximum absolute atomic E-state index is 13.2. The van der Waals surface area contributed by atoms with Crippen LogP contribution in [0.4, 0.5) is 32.0 Å². The van der Waals surface area contributed by atoms with Crippen molar-refractivity contribution in [2.24, 2.45) is 0 Å². The van der Waals surface area contributed by atoms with Crippen molar-refractivity contribution < 1.29 is 31.1 Å². The van der Waals surface area contributed by atoms with Gasteiger partial charge in [0.15, 0.2) is 0 Å². The van der Waals surface area contributed by atoms with E-state index in [4.69, 9.17) is 0 Å². The van der Waals surface area contributed by atoms with E-state index in [2.05, 4.69) is 4.74 Å². The number of hydrogen-bond donors (Lipinski definition) is 0. The average molecular weight is 349 g/mol. The number of anilines is 1. The number of rotatable bonds is 3. The minimum atomic E-state index is -4.88. The third kappa shape index (κ3) is 4.12. The van der Waals surface area contributed by atoms with Crippen LogP contribution in [0.15, 0.2) is 42.5 Å². The monoisotopic (exact) mass is 349 g/mol. The minimum absolute atomic E-state index is 0.130. The van der Waals surface area contributed by atoms with Crippen molar-refractivity contribution in [2.75, 3.05) is 19.0 Å². The van der Waals surface area contributed by atoms with E-state index >= 15 is 0 Å². The standard InChI is InChI=1S/C16H13F6NO/c1-23(2)14-12(7-4-8-13(14)15(17,18)19)10-5-3-6-11(9-10)24-16(20,21)22/h3-9H,1-2H3. The Balaban J connectivity index is 2.59. The minimum Gasteiger partial charge on any atom is -0.406 e. The second-order valence-corrected chi connectivity index (χ2v) is 5.17. The maximum atomic E-state index is 13.2. The van der Waals surface area contributed by atoms with E-state index in [1.165, 1.54) is 43.3 Å². The van der Waals surface area contributed by atoms with Gasteiger partial charge in [0.2, 0.25) is 0 Å². The van der Waals surface area contributed by atoms with Gasteiger partial charge in [-0.05, 0) is 23.8 Å². The second kappa shape index (κ2) is 6.26. The molecule has 0 atom stereocenters. The molecule has 0 unspecified atom stereocenters. The molecule has 0 aliphatic heterocycles. The maximum Gasteiger partial charge on any atom is 0.573 e. The van der Waals surface area contributed by atoms with Crippen molar-refractivity contribution in [3.8, 4) is 16.9 Å². The highest BCUT2D eigenvalue weighted by Crippen LogP contribution is 2.42. The van der Waals surface area contributed by atoms with Gasteiger partial charge in [-0.15, -0.1) is 13.2 Å². The summed E-state index contributed by atoms with van der Waals surface area (Å²) in [5.41, 5.74) is -0.657. The van der Waals surface area contributed by atoms with Gasteiger partial charge in [0.25, 0.3) is 0 Å². The van der Waals surface area contributed by atoms with Crippen LogP contribution in [0.3, 0.4) is 0 Å². The Morgan fingerprint density at radius 2 is 1.50 bits per heavy atom. The summed E-state index contributed by atoms with van der Waals surface area (Å²) in [7, 11) is 2.87. The molecule has 0 spiro atoms. The summed E-state index contributed by atoms with van der Waals surface area (Å²) < 4.78 is 80.4. The summed E-state index contributed by atoms with van der Waals surface area (Å²) in [6.45, 7) is 0. The van der Waals surface area contributed by atoms with Crippen molar-refractivity contribution in [2.45, 2.75) is 12.5 Å².